The van der Waals surface area contributed by atoms with E-state index in [4.69, 9.17) is 5.73 Å². The van der Waals surface area contributed by atoms with Gasteiger partial charge in [-0.1, -0.05) is 0 Å². The molecule has 3 N–H and O–H groups in total. The maximum atomic E-state index is 11.9. The largest absolute Gasteiger partial charge is 0.350 e. The zero-order valence-corrected chi connectivity index (χ0v) is 12.0. The molecule has 0 saturated carbocycles. The van der Waals surface area contributed by atoms with Gasteiger partial charge >= 0.3 is 0 Å². The number of nitrogens with two attached hydrogens (primary N) is 1. The van der Waals surface area contributed by atoms with Gasteiger partial charge in [0.25, 0.3) is 5.91 Å². The van der Waals surface area contributed by atoms with Crippen LogP contribution < -0.4 is 11.1 Å². The summed E-state index contributed by atoms with van der Waals surface area (Å²) in [6.07, 6.45) is 3.17. The molecule has 0 unspecified atom stereocenters. The smallest absolute Gasteiger partial charge is 0.270 e. The van der Waals surface area contributed by atoms with Gasteiger partial charge in [-0.2, -0.15) is 11.8 Å². The second-order valence-corrected chi connectivity index (χ2v) is 6.60. The van der Waals surface area contributed by atoms with Crippen molar-refractivity contribution < 1.29 is 4.79 Å². The Kier molecular flexibility index (Phi) is 5.46. The van der Waals surface area contributed by atoms with Crippen LogP contribution in [0.1, 0.15) is 28.3 Å². The molecule has 0 radical (unpaired) electrons. The zero-order valence-electron chi connectivity index (χ0n) is 10.4. The van der Waals surface area contributed by atoms with Crippen LogP contribution in [0.15, 0.2) is 5.38 Å². The normalized spacial score (nSPS) is 16.7. The molecule has 1 aromatic rings. The van der Waals surface area contributed by atoms with Crippen molar-refractivity contribution in [3.05, 3.63) is 16.1 Å². The van der Waals surface area contributed by atoms with Crippen LogP contribution in [0, 0.1) is 5.92 Å². The highest BCUT2D eigenvalue weighted by molar-refractivity contribution is 7.99. The molecule has 1 aromatic heterocycles. The molecule has 4 nitrogen and oxygen atoms in total. The van der Waals surface area contributed by atoms with Crippen molar-refractivity contribution in [1.29, 1.82) is 0 Å². The lowest BCUT2D eigenvalue weighted by Crippen LogP contribution is -2.31. The van der Waals surface area contributed by atoms with Crippen molar-refractivity contribution in [2.24, 2.45) is 11.7 Å². The Hall–Kier alpha value is -0.590. The van der Waals surface area contributed by atoms with E-state index in [1.165, 1.54) is 35.7 Å². The molecule has 0 atom stereocenters. The average Bonchev–Trinajstić information content (AvgIpc) is 2.86. The third-order valence-corrected chi connectivity index (χ3v) is 4.99. The van der Waals surface area contributed by atoms with Gasteiger partial charge in [0.05, 0.1) is 5.01 Å². The van der Waals surface area contributed by atoms with Gasteiger partial charge in [0.15, 0.2) is 0 Å². The summed E-state index contributed by atoms with van der Waals surface area (Å²) in [6, 6.07) is 0. The number of nitrogens with zero attached hydrogens (tertiary/aromatic N) is 1. The van der Waals surface area contributed by atoms with Gasteiger partial charge < -0.3 is 11.1 Å². The molecule has 0 spiro atoms. The van der Waals surface area contributed by atoms with Crippen molar-refractivity contribution in [3.8, 4) is 0 Å². The van der Waals surface area contributed by atoms with Crippen LogP contribution in [0.25, 0.3) is 0 Å². The van der Waals surface area contributed by atoms with Crippen molar-refractivity contribution >= 4 is 29.0 Å². The van der Waals surface area contributed by atoms with Crippen LogP contribution in [-0.2, 0) is 6.42 Å². The Morgan fingerprint density at radius 1 is 1.50 bits per heavy atom. The molecule has 0 bridgehead atoms. The van der Waals surface area contributed by atoms with E-state index in [1.807, 2.05) is 17.1 Å². The van der Waals surface area contributed by atoms with E-state index in [-0.39, 0.29) is 5.91 Å². The molecule has 0 aromatic carbocycles. The summed E-state index contributed by atoms with van der Waals surface area (Å²) in [6.45, 7) is 1.36. The molecule has 0 aliphatic carbocycles. The van der Waals surface area contributed by atoms with E-state index in [0.29, 0.717) is 18.2 Å². The van der Waals surface area contributed by atoms with Crippen molar-refractivity contribution in [3.63, 3.8) is 0 Å². The lowest BCUT2D eigenvalue weighted by Gasteiger charge is -2.21. The van der Waals surface area contributed by atoms with Gasteiger partial charge in [0.1, 0.15) is 5.69 Å². The summed E-state index contributed by atoms with van der Waals surface area (Å²) in [4.78, 5) is 16.2. The first kappa shape index (κ1) is 13.8. The van der Waals surface area contributed by atoms with E-state index in [2.05, 4.69) is 10.3 Å². The molecular formula is C12H19N3OS2. The zero-order chi connectivity index (χ0) is 12.8. The van der Waals surface area contributed by atoms with Crippen LogP contribution in [0.3, 0.4) is 0 Å². The third kappa shape index (κ3) is 3.96. The molecule has 18 heavy (non-hydrogen) atoms. The van der Waals surface area contributed by atoms with Crippen LogP contribution in [0.4, 0.5) is 0 Å². The van der Waals surface area contributed by atoms with Gasteiger partial charge in [-0.15, -0.1) is 11.3 Å². The van der Waals surface area contributed by atoms with Crippen LogP contribution in [0.5, 0.6) is 0 Å². The fraction of sp³-hybridized carbons (Fsp3) is 0.667. The number of carbonyl (C=O) groups is 1. The highest BCUT2D eigenvalue weighted by Crippen LogP contribution is 2.22. The van der Waals surface area contributed by atoms with Crippen molar-refractivity contribution in [2.75, 3.05) is 24.6 Å². The molecule has 1 fully saturated rings. The number of hydrogen-bond acceptors (Lipinski definition) is 5. The van der Waals surface area contributed by atoms with E-state index in [0.717, 1.165) is 18.0 Å². The number of amides is 1. The molecule has 6 heteroatoms. The molecule has 1 aliphatic heterocycles. The lowest BCUT2D eigenvalue weighted by atomic mass is 10.0. The standard InChI is InChI=1S/C12H19N3OS2/c13-4-1-11-15-10(8-18-11)12(16)14-7-9-2-5-17-6-3-9/h8-9H,1-7,13H2,(H,14,16). The number of thiazole rings is 1. The molecule has 2 heterocycles. The van der Waals surface area contributed by atoms with E-state index < -0.39 is 0 Å². The fourth-order valence-corrected chi connectivity index (χ4v) is 3.93. The number of nitrogens with one attached hydrogen (secondary N) is 1. The average molecular weight is 285 g/mol. The molecule has 1 aliphatic rings. The first-order valence-corrected chi connectivity index (χ1v) is 8.33. The minimum Gasteiger partial charge on any atom is -0.350 e. The lowest BCUT2D eigenvalue weighted by molar-refractivity contribution is 0.0942. The van der Waals surface area contributed by atoms with Gasteiger partial charge in [-0.3, -0.25) is 4.79 Å². The minimum absolute atomic E-state index is 0.0484. The highest BCUT2D eigenvalue weighted by Gasteiger charge is 2.16. The van der Waals surface area contributed by atoms with E-state index in [9.17, 15) is 4.79 Å². The summed E-state index contributed by atoms with van der Waals surface area (Å²) >= 11 is 3.51. The number of carbonyl (C=O) groups excluding carboxylic acids is 1. The second-order valence-electron chi connectivity index (χ2n) is 4.43. The number of aromatic nitrogens is 1. The predicted octanol–water partition coefficient (Wildman–Crippen LogP) is 1.52. The summed E-state index contributed by atoms with van der Waals surface area (Å²) in [5.74, 6) is 3.03. The second kappa shape index (κ2) is 7.11. The molecular weight excluding hydrogens is 266 g/mol. The Balaban J connectivity index is 1.79. The maximum absolute atomic E-state index is 11.9. The highest BCUT2D eigenvalue weighted by atomic mass is 32.2. The van der Waals surface area contributed by atoms with Gasteiger partial charge in [-0.05, 0) is 36.8 Å². The first-order chi connectivity index (χ1) is 8.79. The molecule has 100 valence electrons. The Bertz CT molecular complexity index is 388. The quantitative estimate of drug-likeness (QED) is 0.860. The summed E-state index contributed by atoms with van der Waals surface area (Å²) in [7, 11) is 0. The summed E-state index contributed by atoms with van der Waals surface area (Å²) in [5.41, 5.74) is 6.00. The topological polar surface area (TPSA) is 68.0 Å². The number of hydrogen-bond donors (Lipinski definition) is 2. The molecule has 1 amide bonds. The Morgan fingerprint density at radius 2 is 2.28 bits per heavy atom. The minimum atomic E-state index is -0.0484. The van der Waals surface area contributed by atoms with Gasteiger partial charge in [0, 0.05) is 18.3 Å². The van der Waals surface area contributed by atoms with Crippen molar-refractivity contribution in [2.45, 2.75) is 19.3 Å². The number of thioether (sulfide) groups is 1. The van der Waals surface area contributed by atoms with Gasteiger partial charge in [-0.25, -0.2) is 4.98 Å². The number of rotatable bonds is 5. The predicted molar refractivity (Wildman–Crippen MR) is 77.3 cm³/mol. The monoisotopic (exact) mass is 285 g/mol. The van der Waals surface area contributed by atoms with Crippen molar-refractivity contribution in [1.82, 2.24) is 10.3 Å². The van der Waals surface area contributed by atoms with Crippen LogP contribution >= 0.6 is 23.1 Å². The van der Waals surface area contributed by atoms with Gasteiger partial charge in [0.2, 0.25) is 0 Å². The third-order valence-electron chi connectivity index (χ3n) is 3.03. The molecule has 2 rings (SSSR count). The summed E-state index contributed by atoms with van der Waals surface area (Å²) in [5, 5.41) is 5.75. The Morgan fingerprint density at radius 3 is 3.00 bits per heavy atom. The first-order valence-electron chi connectivity index (χ1n) is 6.30. The Labute approximate surface area is 116 Å². The van der Waals surface area contributed by atoms with E-state index in [1.54, 1.807) is 0 Å². The SMILES string of the molecule is NCCc1nc(C(=O)NCC2CCSCC2)cs1. The van der Waals surface area contributed by atoms with Crippen LogP contribution in [0.2, 0.25) is 0 Å². The molecule has 1 saturated heterocycles. The maximum Gasteiger partial charge on any atom is 0.270 e. The van der Waals surface area contributed by atoms with Crippen LogP contribution in [-0.4, -0.2) is 35.5 Å². The summed E-state index contributed by atoms with van der Waals surface area (Å²) < 4.78 is 0. The fourth-order valence-electron chi connectivity index (χ4n) is 1.93. The van der Waals surface area contributed by atoms with E-state index >= 15 is 0 Å².